The molecule has 2 rings (SSSR count). The van der Waals surface area contributed by atoms with Gasteiger partial charge in [-0.15, -0.1) is 0 Å². The van der Waals surface area contributed by atoms with Gasteiger partial charge in [-0.2, -0.15) is 0 Å². The van der Waals surface area contributed by atoms with Gasteiger partial charge in [0.15, 0.2) is 0 Å². The van der Waals surface area contributed by atoms with E-state index in [1.54, 1.807) is 6.07 Å². The zero-order valence-electron chi connectivity index (χ0n) is 10.4. The van der Waals surface area contributed by atoms with Gasteiger partial charge in [0.05, 0.1) is 4.92 Å². The van der Waals surface area contributed by atoms with Crippen LogP contribution in [-0.4, -0.2) is 4.92 Å². The molecule has 0 aliphatic carbocycles. The molecule has 94 valence electrons. The number of benzene rings is 2. The minimum Gasteiger partial charge on any atom is -0.393 e. The molecule has 4 heteroatoms. The Morgan fingerprint density at radius 2 is 1.63 bits per heavy atom. The summed E-state index contributed by atoms with van der Waals surface area (Å²) < 4.78 is 0. The maximum Gasteiger partial charge on any atom is 0.293 e. The van der Waals surface area contributed by atoms with E-state index in [0.29, 0.717) is 5.56 Å². The molecule has 2 N–H and O–H groups in total. The fourth-order valence-electron chi connectivity index (χ4n) is 1.56. The number of anilines is 1. The van der Waals surface area contributed by atoms with Crippen molar-refractivity contribution in [3.63, 3.8) is 0 Å². The van der Waals surface area contributed by atoms with Crippen molar-refractivity contribution in [3.05, 3.63) is 69.3 Å². The maximum atomic E-state index is 10.8. The van der Waals surface area contributed by atoms with Crippen molar-refractivity contribution in [2.45, 2.75) is 6.92 Å². The van der Waals surface area contributed by atoms with Crippen LogP contribution in [0.15, 0.2) is 42.5 Å². The van der Waals surface area contributed by atoms with Gasteiger partial charge in [-0.1, -0.05) is 29.5 Å². The first-order valence-corrected chi connectivity index (χ1v) is 5.69. The van der Waals surface area contributed by atoms with Crippen molar-refractivity contribution < 1.29 is 4.92 Å². The molecule has 2 aromatic rings. The summed E-state index contributed by atoms with van der Waals surface area (Å²) in [5.41, 5.74) is 8.15. The number of hydrogen-bond acceptors (Lipinski definition) is 3. The quantitative estimate of drug-likeness (QED) is 0.367. The van der Waals surface area contributed by atoms with Crippen molar-refractivity contribution in [2.75, 3.05) is 5.73 Å². The van der Waals surface area contributed by atoms with E-state index < -0.39 is 4.92 Å². The average molecular weight is 252 g/mol. The van der Waals surface area contributed by atoms with Crippen molar-refractivity contribution >= 4 is 11.4 Å². The molecule has 0 radical (unpaired) electrons. The standard InChI is InChI=1S/C15H12N2O2/c1-11-2-4-12(5-3-11)6-7-13-8-9-14(16)15(10-13)17(18)19/h2-5,8-10H,16H2,1H3. The SMILES string of the molecule is Cc1ccc(C#Cc2ccc(N)c([N+](=O)[O-])c2)cc1. The summed E-state index contributed by atoms with van der Waals surface area (Å²) in [5, 5.41) is 10.8. The summed E-state index contributed by atoms with van der Waals surface area (Å²) in [6, 6.07) is 12.3. The van der Waals surface area contributed by atoms with Crippen molar-refractivity contribution in [2.24, 2.45) is 0 Å². The number of nitrogen functional groups attached to an aromatic ring is 1. The minimum atomic E-state index is -0.508. The van der Waals surface area contributed by atoms with Crippen molar-refractivity contribution in [1.82, 2.24) is 0 Å². The Morgan fingerprint density at radius 3 is 2.26 bits per heavy atom. The Labute approximate surface area is 111 Å². The predicted molar refractivity (Wildman–Crippen MR) is 74.7 cm³/mol. The number of rotatable bonds is 1. The topological polar surface area (TPSA) is 69.2 Å². The van der Waals surface area contributed by atoms with Gasteiger partial charge in [0.2, 0.25) is 0 Å². The zero-order valence-corrected chi connectivity index (χ0v) is 10.4. The van der Waals surface area contributed by atoms with Crippen LogP contribution in [0.4, 0.5) is 11.4 Å². The third-order valence-corrected chi connectivity index (χ3v) is 2.63. The highest BCUT2D eigenvalue weighted by Crippen LogP contribution is 2.21. The molecule has 2 aromatic carbocycles. The van der Waals surface area contributed by atoms with Crippen LogP contribution in [-0.2, 0) is 0 Å². The van der Waals surface area contributed by atoms with E-state index in [-0.39, 0.29) is 11.4 Å². The van der Waals surface area contributed by atoms with Crippen molar-refractivity contribution in [1.29, 1.82) is 0 Å². The van der Waals surface area contributed by atoms with E-state index in [1.165, 1.54) is 12.1 Å². The van der Waals surface area contributed by atoms with Gasteiger partial charge >= 0.3 is 0 Å². The second-order valence-electron chi connectivity index (χ2n) is 4.15. The number of aryl methyl sites for hydroxylation is 1. The summed E-state index contributed by atoms with van der Waals surface area (Å²) >= 11 is 0. The fourth-order valence-corrected chi connectivity index (χ4v) is 1.56. The minimum absolute atomic E-state index is 0.115. The molecule has 0 saturated carbocycles. The molecule has 0 aliphatic rings. The average Bonchev–Trinajstić information content (AvgIpc) is 2.39. The number of nitrogens with two attached hydrogens (primary N) is 1. The summed E-state index contributed by atoms with van der Waals surface area (Å²) in [6.07, 6.45) is 0. The van der Waals surface area contributed by atoms with Crippen LogP contribution in [0.5, 0.6) is 0 Å². The zero-order chi connectivity index (χ0) is 13.8. The van der Waals surface area contributed by atoms with E-state index in [4.69, 9.17) is 5.73 Å². The molecular formula is C15H12N2O2. The summed E-state index contributed by atoms with van der Waals surface area (Å²) in [4.78, 5) is 10.3. The van der Waals surface area contributed by atoms with Crippen LogP contribution in [0.25, 0.3) is 0 Å². The second-order valence-corrected chi connectivity index (χ2v) is 4.15. The Morgan fingerprint density at radius 1 is 1.05 bits per heavy atom. The highest BCUT2D eigenvalue weighted by Gasteiger charge is 2.10. The number of nitro benzene ring substituents is 1. The molecule has 0 saturated heterocycles. The molecular weight excluding hydrogens is 240 g/mol. The monoisotopic (exact) mass is 252 g/mol. The highest BCUT2D eigenvalue weighted by atomic mass is 16.6. The second kappa shape index (κ2) is 5.23. The number of nitro groups is 1. The molecule has 4 nitrogen and oxygen atoms in total. The van der Waals surface area contributed by atoms with E-state index in [0.717, 1.165) is 11.1 Å². The largest absolute Gasteiger partial charge is 0.393 e. The van der Waals surface area contributed by atoms with Gasteiger partial charge in [0, 0.05) is 17.2 Å². The smallest absolute Gasteiger partial charge is 0.293 e. The van der Waals surface area contributed by atoms with Crippen LogP contribution in [0, 0.1) is 28.9 Å². The molecule has 0 heterocycles. The van der Waals surface area contributed by atoms with Crippen LogP contribution >= 0.6 is 0 Å². The van der Waals surface area contributed by atoms with Crippen molar-refractivity contribution in [3.8, 4) is 11.8 Å². The molecule has 0 spiro atoms. The Bertz CT molecular complexity index is 680. The lowest BCUT2D eigenvalue weighted by Gasteiger charge is -1.97. The van der Waals surface area contributed by atoms with Gasteiger partial charge in [-0.05, 0) is 31.2 Å². The van der Waals surface area contributed by atoms with Gasteiger partial charge in [-0.3, -0.25) is 10.1 Å². The van der Waals surface area contributed by atoms with Gasteiger partial charge in [-0.25, -0.2) is 0 Å². The maximum absolute atomic E-state index is 10.8. The lowest BCUT2D eigenvalue weighted by molar-refractivity contribution is -0.383. The molecule has 0 aliphatic heterocycles. The predicted octanol–water partition coefficient (Wildman–Crippen LogP) is 2.89. The lowest BCUT2D eigenvalue weighted by atomic mass is 10.1. The van der Waals surface area contributed by atoms with Crippen LogP contribution < -0.4 is 5.73 Å². The lowest BCUT2D eigenvalue weighted by Crippen LogP contribution is -1.95. The molecule has 0 aromatic heterocycles. The molecule has 0 amide bonds. The number of nitrogens with zero attached hydrogens (tertiary/aromatic N) is 1. The highest BCUT2D eigenvalue weighted by molar-refractivity contribution is 5.61. The Hall–Kier alpha value is -2.80. The molecule has 0 fully saturated rings. The van der Waals surface area contributed by atoms with Crippen LogP contribution in [0.3, 0.4) is 0 Å². The Kier molecular flexibility index (Phi) is 3.48. The molecule has 0 unspecified atom stereocenters. The van der Waals surface area contributed by atoms with Gasteiger partial charge in [0.1, 0.15) is 5.69 Å². The molecule has 0 bridgehead atoms. The third kappa shape index (κ3) is 3.11. The van der Waals surface area contributed by atoms with Gasteiger partial charge < -0.3 is 5.73 Å². The first-order chi connectivity index (χ1) is 9.06. The third-order valence-electron chi connectivity index (χ3n) is 2.63. The van der Waals surface area contributed by atoms with E-state index >= 15 is 0 Å². The first kappa shape index (κ1) is 12.7. The van der Waals surface area contributed by atoms with Gasteiger partial charge in [0.25, 0.3) is 5.69 Å². The van der Waals surface area contributed by atoms with Crippen LogP contribution in [0.1, 0.15) is 16.7 Å². The normalized spacial score (nSPS) is 9.53. The summed E-state index contributed by atoms with van der Waals surface area (Å²) in [7, 11) is 0. The molecule has 0 atom stereocenters. The van der Waals surface area contributed by atoms with E-state index in [1.807, 2.05) is 31.2 Å². The first-order valence-electron chi connectivity index (χ1n) is 5.69. The van der Waals surface area contributed by atoms with Crippen LogP contribution in [0.2, 0.25) is 0 Å². The summed E-state index contributed by atoms with van der Waals surface area (Å²) in [5.74, 6) is 5.85. The van der Waals surface area contributed by atoms with E-state index in [9.17, 15) is 10.1 Å². The fraction of sp³-hybridized carbons (Fsp3) is 0.0667. The number of hydrogen-bond donors (Lipinski definition) is 1. The Balaban J connectivity index is 2.32. The molecule has 19 heavy (non-hydrogen) atoms. The summed E-state index contributed by atoms with van der Waals surface area (Å²) in [6.45, 7) is 2.00. The van der Waals surface area contributed by atoms with E-state index in [2.05, 4.69) is 11.8 Å².